The second-order valence-corrected chi connectivity index (χ2v) is 7.14. The SMILES string of the molecule is CCOc1nnc(CN2CCN(C(=O)c3cc4ccccc4o3)CC2)s1. The van der Waals surface area contributed by atoms with Gasteiger partial charge in [0, 0.05) is 31.6 Å². The van der Waals surface area contributed by atoms with Gasteiger partial charge in [-0.25, -0.2) is 0 Å². The molecule has 0 atom stereocenters. The van der Waals surface area contributed by atoms with Crippen LogP contribution in [-0.4, -0.2) is 58.7 Å². The monoisotopic (exact) mass is 372 g/mol. The Morgan fingerprint density at radius 1 is 1.23 bits per heavy atom. The van der Waals surface area contributed by atoms with Crippen LogP contribution in [0.1, 0.15) is 22.5 Å². The van der Waals surface area contributed by atoms with Gasteiger partial charge in [-0.15, -0.1) is 10.2 Å². The molecule has 1 amide bonds. The van der Waals surface area contributed by atoms with E-state index in [9.17, 15) is 4.79 Å². The van der Waals surface area contributed by atoms with Crippen molar-refractivity contribution in [3.05, 3.63) is 41.1 Å². The molecule has 0 N–H and O–H groups in total. The average Bonchev–Trinajstić information content (AvgIpc) is 3.29. The molecule has 3 heterocycles. The zero-order valence-electron chi connectivity index (χ0n) is 14.6. The molecule has 8 heteroatoms. The lowest BCUT2D eigenvalue weighted by Gasteiger charge is -2.33. The Morgan fingerprint density at radius 2 is 2.04 bits per heavy atom. The standard InChI is InChI=1S/C18H20N4O3S/c1-2-24-18-20-19-16(26-18)12-21-7-9-22(10-8-21)17(23)15-11-13-5-3-4-6-14(13)25-15/h3-6,11H,2,7-10,12H2,1H3. The number of rotatable bonds is 5. The van der Waals surface area contributed by atoms with Crippen LogP contribution in [0.3, 0.4) is 0 Å². The van der Waals surface area contributed by atoms with Crippen LogP contribution in [0.5, 0.6) is 5.19 Å². The van der Waals surface area contributed by atoms with Gasteiger partial charge in [-0.1, -0.05) is 29.5 Å². The second kappa shape index (κ2) is 7.43. The third-order valence-corrected chi connectivity index (χ3v) is 5.19. The minimum absolute atomic E-state index is 0.0459. The molecule has 0 radical (unpaired) electrons. The molecule has 0 unspecified atom stereocenters. The van der Waals surface area contributed by atoms with Crippen LogP contribution < -0.4 is 4.74 Å². The summed E-state index contributed by atoms with van der Waals surface area (Å²) in [6.07, 6.45) is 0. The van der Waals surface area contributed by atoms with Crippen LogP contribution in [0.4, 0.5) is 0 Å². The number of hydrogen-bond donors (Lipinski definition) is 0. The minimum Gasteiger partial charge on any atom is -0.469 e. The van der Waals surface area contributed by atoms with E-state index in [-0.39, 0.29) is 5.91 Å². The van der Waals surface area contributed by atoms with Gasteiger partial charge in [0.15, 0.2) is 5.76 Å². The van der Waals surface area contributed by atoms with Crippen LogP contribution in [0.2, 0.25) is 0 Å². The number of benzene rings is 1. The number of para-hydroxylation sites is 1. The summed E-state index contributed by atoms with van der Waals surface area (Å²) < 4.78 is 11.1. The first-order valence-electron chi connectivity index (χ1n) is 8.68. The van der Waals surface area contributed by atoms with Crippen molar-refractivity contribution in [3.63, 3.8) is 0 Å². The van der Waals surface area contributed by atoms with Gasteiger partial charge in [-0.3, -0.25) is 9.69 Å². The Morgan fingerprint density at radius 3 is 2.81 bits per heavy atom. The van der Waals surface area contributed by atoms with E-state index in [1.54, 1.807) is 0 Å². The van der Waals surface area contributed by atoms with Crippen LogP contribution in [0, 0.1) is 0 Å². The molecule has 2 aromatic heterocycles. The van der Waals surface area contributed by atoms with Crippen molar-refractivity contribution in [2.75, 3.05) is 32.8 Å². The van der Waals surface area contributed by atoms with Crippen LogP contribution in [0.25, 0.3) is 11.0 Å². The van der Waals surface area contributed by atoms with Crippen molar-refractivity contribution in [1.82, 2.24) is 20.0 Å². The molecule has 0 bridgehead atoms. The maximum absolute atomic E-state index is 12.7. The molecule has 1 aromatic carbocycles. The highest BCUT2D eigenvalue weighted by atomic mass is 32.1. The summed E-state index contributed by atoms with van der Waals surface area (Å²) in [5, 5.41) is 10.7. The molecule has 0 spiro atoms. The molecule has 1 saturated heterocycles. The lowest BCUT2D eigenvalue weighted by Crippen LogP contribution is -2.48. The summed E-state index contributed by atoms with van der Waals surface area (Å²) in [5.74, 6) is 0.362. The fourth-order valence-corrected chi connectivity index (χ4v) is 3.82. The fraction of sp³-hybridized carbons (Fsp3) is 0.389. The van der Waals surface area contributed by atoms with Crippen LogP contribution in [0.15, 0.2) is 34.7 Å². The number of carbonyl (C=O) groups is 1. The number of carbonyl (C=O) groups excluding carboxylic acids is 1. The number of fused-ring (bicyclic) bond motifs is 1. The Balaban J connectivity index is 1.34. The van der Waals surface area contributed by atoms with Crippen molar-refractivity contribution >= 4 is 28.2 Å². The molecule has 3 aromatic rings. The van der Waals surface area contributed by atoms with Gasteiger partial charge in [0.1, 0.15) is 10.6 Å². The highest BCUT2D eigenvalue weighted by Crippen LogP contribution is 2.22. The predicted octanol–water partition coefficient (Wildman–Crippen LogP) is 2.64. The van der Waals surface area contributed by atoms with Crippen molar-refractivity contribution in [3.8, 4) is 5.19 Å². The number of hydrogen-bond acceptors (Lipinski definition) is 7. The van der Waals surface area contributed by atoms with Gasteiger partial charge in [-0.05, 0) is 19.1 Å². The van der Waals surface area contributed by atoms with Gasteiger partial charge >= 0.3 is 0 Å². The number of nitrogens with zero attached hydrogens (tertiary/aromatic N) is 4. The first kappa shape index (κ1) is 17.0. The van der Waals surface area contributed by atoms with Gasteiger partial charge in [0.05, 0.1) is 13.2 Å². The van der Waals surface area contributed by atoms with E-state index in [0.717, 1.165) is 35.6 Å². The molecule has 1 aliphatic rings. The van der Waals surface area contributed by atoms with Crippen molar-refractivity contribution < 1.29 is 13.9 Å². The second-order valence-electron chi connectivity index (χ2n) is 6.11. The maximum Gasteiger partial charge on any atom is 0.294 e. The molecule has 4 rings (SSSR count). The molecule has 26 heavy (non-hydrogen) atoms. The molecule has 0 aliphatic carbocycles. The van der Waals surface area contributed by atoms with Crippen molar-refractivity contribution in [1.29, 1.82) is 0 Å². The van der Waals surface area contributed by atoms with Gasteiger partial charge < -0.3 is 14.1 Å². The highest BCUT2D eigenvalue weighted by molar-refractivity contribution is 7.13. The Hall–Kier alpha value is -2.45. The van der Waals surface area contributed by atoms with Gasteiger partial charge in [0.2, 0.25) is 0 Å². The zero-order valence-corrected chi connectivity index (χ0v) is 15.4. The Bertz CT molecular complexity index is 866. The smallest absolute Gasteiger partial charge is 0.294 e. The van der Waals surface area contributed by atoms with E-state index >= 15 is 0 Å². The number of furan rings is 1. The van der Waals surface area contributed by atoms with E-state index < -0.39 is 0 Å². The summed E-state index contributed by atoms with van der Waals surface area (Å²) in [4.78, 5) is 16.8. The molecule has 7 nitrogen and oxygen atoms in total. The normalized spacial score (nSPS) is 15.5. The number of piperazine rings is 1. The summed E-state index contributed by atoms with van der Waals surface area (Å²) in [6.45, 7) is 6.21. The first-order valence-corrected chi connectivity index (χ1v) is 9.50. The number of ether oxygens (including phenoxy) is 1. The van der Waals surface area contributed by atoms with E-state index in [1.165, 1.54) is 11.3 Å². The molecule has 136 valence electrons. The molecular formula is C18H20N4O3S. The third kappa shape index (κ3) is 3.56. The van der Waals surface area contributed by atoms with E-state index in [4.69, 9.17) is 9.15 Å². The van der Waals surface area contributed by atoms with Gasteiger partial charge in [0.25, 0.3) is 11.1 Å². The largest absolute Gasteiger partial charge is 0.469 e. The summed E-state index contributed by atoms with van der Waals surface area (Å²) in [5.41, 5.74) is 0.746. The van der Waals surface area contributed by atoms with Crippen molar-refractivity contribution in [2.45, 2.75) is 13.5 Å². The quantitative estimate of drug-likeness (QED) is 0.686. The summed E-state index contributed by atoms with van der Waals surface area (Å²) in [7, 11) is 0. The third-order valence-electron chi connectivity index (χ3n) is 4.37. The van der Waals surface area contributed by atoms with E-state index in [0.29, 0.717) is 30.7 Å². The Kier molecular flexibility index (Phi) is 4.85. The van der Waals surface area contributed by atoms with Gasteiger partial charge in [-0.2, -0.15) is 0 Å². The number of aromatic nitrogens is 2. The Labute approximate surface area is 155 Å². The molecule has 1 aliphatic heterocycles. The minimum atomic E-state index is -0.0459. The lowest BCUT2D eigenvalue weighted by atomic mass is 10.2. The van der Waals surface area contributed by atoms with E-state index in [1.807, 2.05) is 42.2 Å². The van der Waals surface area contributed by atoms with Crippen molar-refractivity contribution in [2.24, 2.45) is 0 Å². The number of amides is 1. The first-order chi connectivity index (χ1) is 12.7. The maximum atomic E-state index is 12.7. The fourth-order valence-electron chi connectivity index (χ4n) is 3.03. The van der Waals surface area contributed by atoms with Crippen LogP contribution >= 0.6 is 11.3 Å². The van der Waals surface area contributed by atoms with E-state index in [2.05, 4.69) is 15.1 Å². The zero-order chi connectivity index (χ0) is 17.9. The molecular weight excluding hydrogens is 352 g/mol. The van der Waals surface area contributed by atoms with Crippen LogP contribution in [-0.2, 0) is 6.54 Å². The average molecular weight is 372 g/mol. The predicted molar refractivity (Wildman–Crippen MR) is 98.5 cm³/mol. The summed E-state index contributed by atoms with van der Waals surface area (Å²) in [6, 6.07) is 9.49. The lowest BCUT2D eigenvalue weighted by molar-refractivity contribution is 0.0599. The highest BCUT2D eigenvalue weighted by Gasteiger charge is 2.25. The summed E-state index contributed by atoms with van der Waals surface area (Å²) >= 11 is 1.48. The molecule has 1 fully saturated rings. The molecule has 0 saturated carbocycles. The topological polar surface area (TPSA) is 71.7 Å².